The number of hydrogen-bond acceptors (Lipinski definition) is 4. The van der Waals surface area contributed by atoms with Crippen LogP contribution in [0, 0.1) is 0 Å². The van der Waals surface area contributed by atoms with Crippen molar-refractivity contribution in [1.29, 1.82) is 0 Å². The first kappa shape index (κ1) is 14.1. The van der Waals surface area contributed by atoms with Crippen LogP contribution in [0.5, 0.6) is 0 Å². The van der Waals surface area contributed by atoms with Gasteiger partial charge < -0.3 is 11.1 Å². The van der Waals surface area contributed by atoms with Crippen molar-refractivity contribution in [3.8, 4) is 0 Å². The van der Waals surface area contributed by atoms with Crippen LogP contribution < -0.4 is 11.1 Å². The molecular formula is C12H21N3OS. The van der Waals surface area contributed by atoms with E-state index in [0.29, 0.717) is 0 Å². The molecule has 1 unspecified atom stereocenters. The highest BCUT2D eigenvalue weighted by Crippen LogP contribution is 2.26. The van der Waals surface area contributed by atoms with E-state index in [4.69, 9.17) is 5.73 Å². The predicted octanol–water partition coefficient (Wildman–Crippen LogP) is 1.96. The summed E-state index contributed by atoms with van der Waals surface area (Å²) in [7, 11) is 0. The quantitative estimate of drug-likeness (QED) is 0.867. The summed E-state index contributed by atoms with van der Waals surface area (Å²) in [6.07, 6.45) is 0. The van der Waals surface area contributed by atoms with Crippen LogP contribution in [0.1, 0.15) is 51.4 Å². The van der Waals surface area contributed by atoms with Crippen molar-refractivity contribution in [3.05, 3.63) is 16.1 Å². The number of hydrogen-bond donors (Lipinski definition) is 2. The van der Waals surface area contributed by atoms with Gasteiger partial charge in [-0.15, -0.1) is 11.3 Å². The zero-order valence-electron chi connectivity index (χ0n) is 11.1. The topological polar surface area (TPSA) is 68.0 Å². The molecule has 0 saturated carbocycles. The van der Waals surface area contributed by atoms with E-state index < -0.39 is 6.04 Å². The third-order valence-electron chi connectivity index (χ3n) is 2.43. The molecule has 5 heteroatoms. The number of rotatable bonds is 3. The van der Waals surface area contributed by atoms with Crippen molar-refractivity contribution in [2.24, 2.45) is 5.73 Å². The molecular weight excluding hydrogens is 234 g/mol. The molecule has 0 aliphatic carbocycles. The van der Waals surface area contributed by atoms with Crippen LogP contribution in [0.25, 0.3) is 0 Å². The number of carbonyl (C=O) groups is 1. The highest BCUT2D eigenvalue weighted by atomic mass is 32.1. The van der Waals surface area contributed by atoms with Gasteiger partial charge in [-0.3, -0.25) is 4.79 Å². The zero-order valence-corrected chi connectivity index (χ0v) is 11.9. The highest BCUT2D eigenvalue weighted by molar-refractivity contribution is 7.09. The van der Waals surface area contributed by atoms with E-state index in [1.807, 2.05) is 12.3 Å². The largest absolute Gasteiger partial charge is 0.346 e. The van der Waals surface area contributed by atoms with Crippen LogP contribution in [0.4, 0.5) is 0 Å². The fraction of sp³-hybridized carbons (Fsp3) is 0.667. The molecule has 0 fully saturated rings. The fourth-order valence-corrected chi connectivity index (χ4v) is 2.29. The molecule has 0 saturated heterocycles. The monoisotopic (exact) mass is 255 g/mol. The van der Waals surface area contributed by atoms with Gasteiger partial charge in [-0.25, -0.2) is 4.98 Å². The Morgan fingerprint density at radius 3 is 2.47 bits per heavy atom. The van der Waals surface area contributed by atoms with Crippen molar-refractivity contribution in [2.75, 3.05) is 0 Å². The van der Waals surface area contributed by atoms with E-state index in [0.717, 1.165) is 10.7 Å². The number of amides is 1. The molecule has 0 bridgehead atoms. The lowest BCUT2D eigenvalue weighted by Gasteiger charge is -2.15. The molecule has 0 aliphatic heterocycles. The number of aromatic nitrogens is 1. The molecule has 17 heavy (non-hydrogen) atoms. The Morgan fingerprint density at radius 1 is 1.47 bits per heavy atom. The average molecular weight is 255 g/mol. The molecule has 1 aromatic rings. The number of carbonyl (C=O) groups excluding carboxylic acids is 1. The summed E-state index contributed by atoms with van der Waals surface area (Å²) in [5.74, 6) is -0.148. The van der Waals surface area contributed by atoms with Crippen LogP contribution >= 0.6 is 11.3 Å². The van der Waals surface area contributed by atoms with E-state index in [2.05, 4.69) is 31.1 Å². The summed E-state index contributed by atoms with van der Waals surface area (Å²) in [5, 5.41) is 5.81. The van der Waals surface area contributed by atoms with E-state index in [-0.39, 0.29) is 17.4 Å². The summed E-state index contributed by atoms with van der Waals surface area (Å²) < 4.78 is 0. The maximum atomic E-state index is 11.5. The van der Waals surface area contributed by atoms with Crippen molar-refractivity contribution in [2.45, 2.75) is 52.1 Å². The van der Waals surface area contributed by atoms with Gasteiger partial charge in [0.2, 0.25) is 5.91 Å². The first-order valence-electron chi connectivity index (χ1n) is 5.73. The normalized spacial score (nSPS) is 15.4. The molecule has 1 heterocycles. The van der Waals surface area contributed by atoms with Gasteiger partial charge in [0.15, 0.2) is 0 Å². The number of thiazole rings is 1. The Labute approximate surface area is 107 Å². The highest BCUT2D eigenvalue weighted by Gasteiger charge is 2.20. The van der Waals surface area contributed by atoms with Gasteiger partial charge in [-0.1, -0.05) is 20.8 Å². The van der Waals surface area contributed by atoms with Gasteiger partial charge in [-0.05, 0) is 13.8 Å². The predicted molar refractivity (Wildman–Crippen MR) is 71.0 cm³/mol. The van der Waals surface area contributed by atoms with Crippen molar-refractivity contribution in [1.82, 2.24) is 10.3 Å². The second-order valence-corrected chi connectivity index (χ2v) is 6.23. The van der Waals surface area contributed by atoms with Gasteiger partial charge >= 0.3 is 0 Å². The van der Waals surface area contributed by atoms with Crippen LogP contribution in [0.15, 0.2) is 5.38 Å². The zero-order chi connectivity index (χ0) is 13.2. The van der Waals surface area contributed by atoms with Crippen LogP contribution in [0.3, 0.4) is 0 Å². The molecule has 0 aliphatic rings. The molecule has 1 rings (SSSR count). The molecule has 0 spiro atoms. The van der Waals surface area contributed by atoms with Crippen molar-refractivity contribution >= 4 is 17.2 Å². The summed E-state index contributed by atoms with van der Waals surface area (Å²) in [6.45, 7) is 9.96. The lowest BCUT2D eigenvalue weighted by atomic mass is 9.93. The van der Waals surface area contributed by atoms with Crippen LogP contribution in [-0.4, -0.2) is 16.9 Å². The molecule has 3 N–H and O–H groups in total. The molecule has 1 amide bonds. The minimum absolute atomic E-state index is 0.0413. The van der Waals surface area contributed by atoms with Gasteiger partial charge in [0, 0.05) is 10.8 Å². The second kappa shape index (κ2) is 5.14. The van der Waals surface area contributed by atoms with Gasteiger partial charge in [0.25, 0.3) is 0 Å². The van der Waals surface area contributed by atoms with Crippen LogP contribution in [0.2, 0.25) is 0 Å². The Bertz CT molecular complexity index is 393. The van der Waals surface area contributed by atoms with Crippen molar-refractivity contribution < 1.29 is 4.79 Å². The Hall–Kier alpha value is -0.940. The Balaban J connectivity index is 2.74. The first-order valence-corrected chi connectivity index (χ1v) is 6.61. The maximum Gasteiger partial charge on any atom is 0.237 e. The molecule has 2 atom stereocenters. The van der Waals surface area contributed by atoms with E-state index >= 15 is 0 Å². The fourth-order valence-electron chi connectivity index (χ4n) is 1.24. The summed E-state index contributed by atoms with van der Waals surface area (Å²) in [4.78, 5) is 16.0. The summed E-state index contributed by atoms with van der Waals surface area (Å²) in [5.41, 5.74) is 6.60. The maximum absolute atomic E-state index is 11.5. The average Bonchev–Trinajstić information content (AvgIpc) is 2.65. The third-order valence-corrected chi connectivity index (χ3v) is 3.46. The molecule has 4 nitrogen and oxygen atoms in total. The van der Waals surface area contributed by atoms with Crippen LogP contribution in [-0.2, 0) is 10.2 Å². The number of nitrogens with one attached hydrogen (secondary N) is 1. The molecule has 96 valence electrons. The number of nitrogens with two attached hydrogens (primary N) is 1. The third kappa shape index (κ3) is 3.78. The van der Waals surface area contributed by atoms with E-state index in [9.17, 15) is 4.79 Å². The van der Waals surface area contributed by atoms with Gasteiger partial charge in [0.05, 0.1) is 17.8 Å². The smallest absolute Gasteiger partial charge is 0.237 e. The van der Waals surface area contributed by atoms with Gasteiger partial charge in [0.1, 0.15) is 5.01 Å². The summed E-state index contributed by atoms with van der Waals surface area (Å²) >= 11 is 1.57. The SMILES string of the molecule is CC(NC(=O)[C@@H](C)N)c1nc(C(C)(C)C)cs1. The van der Waals surface area contributed by atoms with E-state index in [1.165, 1.54) is 0 Å². The summed E-state index contributed by atoms with van der Waals surface area (Å²) in [6, 6.07) is -0.575. The molecule has 0 radical (unpaired) electrons. The minimum atomic E-state index is -0.487. The van der Waals surface area contributed by atoms with Gasteiger partial charge in [-0.2, -0.15) is 0 Å². The molecule has 1 aromatic heterocycles. The first-order chi connectivity index (χ1) is 7.71. The minimum Gasteiger partial charge on any atom is -0.346 e. The van der Waals surface area contributed by atoms with Crippen molar-refractivity contribution in [3.63, 3.8) is 0 Å². The second-order valence-electron chi connectivity index (χ2n) is 5.34. The number of nitrogens with zero attached hydrogens (tertiary/aromatic N) is 1. The standard InChI is InChI=1S/C12H21N3OS/c1-7(13)10(16)14-8(2)11-15-9(6-17-11)12(3,4)5/h6-8H,13H2,1-5H3,(H,14,16)/t7-,8?/m1/s1. The lowest BCUT2D eigenvalue weighted by molar-refractivity contribution is -0.122. The Kier molecular flexibility index (Phi) is 4.27. The Morgan fingerprint density at radius 2 is 2.06 bits per heavy atom. The lowest BCUT2D eigenvalue weighted by Crippen LogP contribution is -2.39. The molecule has 0 aromatic carbocycles. The van der Waals surface area contributed by atoms with E-state index in [1.54, 1.807) is 18.3 Å².